The molecule has 2 aromatic carbocycles. The Hall–Kier alpha value is -3.07. The number of aliphatic hydroxyl groups is 1. The number of carbonyl (C=O) groups excluding carboxylic acids is 3. The largest absolute Gasteiger partial charge is 0.394 e. The highest BCUT2D eigenvalue weighted by atomic mass is 35.5. The lowest BCUT2D eigenvalue weighted by Gasteiger charge is -2.42. The summed E-state index contributed by atoms with van der Waals surface area (Å²) in [6, 6.07) is 15.4. The van der Waals surface area contributed by atoms with Crippen LogP contribution >= 0.6 is 23.4 Å². The topological polar surface area (TPSA) is 81.2 Å². The van der Waals surface area contributed by atoms with Crippen molar-refractivity contribution >= 4 is 46.8 Å². The molecule has 0 radical (unpaired) electrons. The van der Waals surface area contributed by atoms with Gasteiger partial charge in [-0.1, -0.05) is 67.9 Å². The summed E-state index contributed by atoms with van der Waals surface area (Å²) >= 11 is 7.80. The van der Waals surface area contributed by atoms with Crippen molar-refractivity contribution in [2.75, 3.05) is 24.6 Å². The van der Waals surface area contributed by atoms with Gasteiger partial charge in [0.2, 0.25) is 11.8 Å². The molecule has 3 fully saturated rings. The highest BCUT2D eigenvalue weighted by Crippen LogP contribution is 2.69. The molecule has 0 aromatic heterocycles. The molecule has 2 bridgehead atoms. The fraction of sp³-hybridized carbons (Fsp3) is 0.441. The third kappa shape index (κ3) is 5.32. The van der Waals surface area contributed by atoms with Gasteiger partial charge in [0.1, 0.15) is 6.04 Å². The summed E-state index contributed by atoms with van der Waals surface area (Å²) in [5.74, 6) is -1.77. The first-order valence-electron chi connectivity index (χ1n) is 15.0. The molecule has 43 heavy (non-hydrogen) atoms. The molecule has 1 spiro atoms. The van der Waals surface area contributed by atoms with E-state index in [1.54, 1.807) is 62.9 Å². The maximum absolute atomic E-state index is 14.8. The molecule has 3 amide bonds. The van der Waals surface area contributed by atoms with Crippen molar-refractivity contribution in [1.82, 2.24) is 9.80 Å². The average molecular weight is 622 g/mol. The molecule has 5 rings (SSSR count). The predicted molar refractivity (Wildman–Crippen MR) is 173 cm³/mol. The van der Waals surface area contributed by atoms with E-state index in [1.807, 2.05) is 37.3 Å². The first-order valence-corrected chi connectivity index (χ1v) is 16.2. The third-order valence-corrected chi connectivity index (χ3v) is 11.7. The lowest BCUT2D eigenvalue weighted by molar-refractivity contribution is -0.146. The van der Waals surface area contributed by atoms with E-state index in [2.05, 4.69) is 20.1 Å². The molecular formula is C34H40ClN3O4S. The Morgan fingerprint density at radius 1 is 1.12 bits per heavy atom. The quantitative estimate of drug-likeness (QED) is 0.330. The maximum atomic E-state index is 14.8. The van der Waals surface area contributed by atoms with Crippen molar-refractivity contribution in [3.8, 4) is 0 Å². The molecule has 9 heteroatoms. The van der Waals surface area contributed by atoms with E-state index in [1.165, 1.54) is 0 Å². The van der Waals surface area contributed by atoms with E-state index in [0.717, 1.165) is 12.0 Å². The second-order valence-electron chi connectivity index (χ2n) is 11.7. The number of aliphatic hydroxyl groups excluding tert-OH is 1. The van der Waals surface area contributed by atoms with Crippen LogP contribution in [0, 0.1) is 17.8 Å². The van der Waals surface area contributed by atoms with Crippen molar-refractivity contribution in [2.45, 2.75) is 55.3 Å². The van der Waals surface area contributed by atoms with Gasteiger partial charge in [-0.2, -0.15) is 0 Å². The number of likely N-dealkylation sites (tertiary alicyclic amines) is 1. The number of hydrogen-bond acceptors (Lipinski definition) is 5. The van der Waals surface area contributed by atoms with E-state index in [9.17, 15) is 19.5 Å². The second-order valence-corrected chi connectivity index (χ2v) is 13.7. The Morgan fingerprint density at radius 2 is 1.79 bits per heavy atom. The number of carbonyl (C=O) groups is 3. The zero-order valence-corrected chi connectivity index (χ0v) is 26.3. The minimum Gasteiger partial charge on any atom is -0.394 e. The zero-order chi connectivity index (χ0) is 30.9. The Balaban J connectivity index is 1.58. The van der Waals surface area contributed by atoms with Gasteiger partial charge in [0, 0.05) is 35.6 Å². The normalized spacial score (nSPS) is 28.0. The molecule has 0 saturated carbocycles. The number of thioether (sulfide) groups is 1. The Labute approximate surface area is 263 Å². The monoisotopic (exact) mass is 621 g/mol. The zero-order valence-electron chi connectivity index (χ0n) is 24.8. The highest BCUT2D eigenvalue weighted by Gasteiger charge is 2.77. The van der Waals surface area contributed by atoms with Crippen LogP contribution in [0.1, 0.15) is 32.3 Å². The number of halogens is 1. The van der Waals surface area contributed by atoms with E-state index in [4.69, 9.17) is 11.6 Å². The lowest BCUT2D eigenvalue weighted by atomic mass is 9.65. The number of benzene rings is 2. The molecule has 3 unspecified atom stereocenters. The van der Waals surface area contributed by atoms with Crippen LogP contribution in [0.2, 0.25) is 5.02 Å². The van der Waals surface area contributed by atoms with E-state index in [0.29, 0.717) is 30.2 Å². The first kappa shape index (κ1) is 31.4. The molecule has 3 aliphatic rings. The van der Waals surface area contributed by atoms with Crippen LogP contribution in [0.15, 0.2) is 79.9 Å². The summed E-state index contributed by atoms with van der Waals surface area (Å²) in [5, 5.41) is 10.9. The summed E-state index contributed by atoms with van der Waals surface area (Å²) in [6.45, 7) is 12.5. The molecule has 228 valence electrons. The van der Waals surface area contributed by atoms with Crippen molar-refractivity contribution < 1.29 is 19.5 Å². The van der Waals surface area contributed by atoms with Crippen LogP contribution in [-0.2, 0) is 20.9 Å². The number of nitrogens with zero attached hydrogens (tertiary/aromatic N) is 3. The van der Waals surface area contributed by atoms with Gasteiger partial charge in [0.05, 0.1) is 29.2 Å². The lowest BCUT2D eigenvalue weighted by Crippen LogP contribution is -2.59. The van der Waals surface area contributed by atoms with Gasteiger partial charge in [0.15, 0.2) is 0 Å². The van der Waals surface area contributed by atoms with Gasteiger partial charge in [-0.25, -0.2) is 0 Å². The molecule has 1 N–H and O–H groups in total. The van der Waals surface area contributed by atoms with Crippen LogP contribution in [0.4, 0.5) is 5.69 Å². The summed E-state index contributed by atoms with van der Waals surface area (Å²) < 4.78 is -0.805. The smallest absolute Gasteiger partial charge is 0.251 e. The van der Waals surface area contributed by atoms with Crippen molar-refractivity contribution in [3.05, 3.63) is 90.5 Å². The van der Waals surface area contributed by atoms with Gasteiger partial charge < -0.3 is 19.8 Å². The molecular weight excluding hydrogens is 582 g/mol. The molecule has 3 aliphatic heterocycles. The van der Waals surface area contributed by atoms with Crippen LogP contribution in [0.25, 0.3) is 0 Å². The van der Waals surface area contributed by atoms with E-state index in [-0.39, 0.29) is 42.0 Å². The van der Waals surface area contributed by atoms with Crippen molar-refractivity contribution in [3.63, 3.8) is 0 Å². The second kappa shape index (κ2) is 12.9. The minimum atomic E-state index is -0.845. The molecule has 3 saturated heterocycles. The molecule has 7 nitrogen and oxygen atoms in total. The average Bonchev–Trinajstić information content (AvgIpc) is 3.60. The Bertz CT molecular complexity index is 1370. The van der Waals surface area contributed by atoms with Crippen LogP contribution < -0.4 is 4.90 Å². The van der Waals surface area contributed by atoms with E-state index < -0.39 is 28.7 Å². The van der Waals surface area contributed by atoms with Crippen LogP contribution in [-0.4, -0.2) is 74.4 Å². The maximum Gasteiger partial charge on any atom is 0.251 e. The number of amides is 3. The first-order chi connectivity index (χ1) is 20.7. The van der Waals surface area contributed by atoms with Gasteiger partial charge in [-0.3, -0.25) is 14.4 Å². The SMILES string of the molecule is C=CCN(Cc1ccccc1)C(=O)[C@@H]1[C@@H]2CC(C)C3(S2)C(C(=O)N(CC=C)c2ccc(Cl)cc2)N([C@@H](CC)CO)C(=O)[C@H]13. The van der Waals surface area contributed by atoms with Crippen LogP contribution in [0.5, 0.6) is 0 Å². The fourth-order valence-corrected chi connectivity index (χ4v) is 9.97. The summed E-state index contributed by atoms with van der Waals surface area (Å²) in [4.78, 5) is 48.9. The molecule has 2 aromatic rings. The summed E-state index contributed by atoms with van der Waals surface area (Å²) in [5.41, 5.74) is 1.65. The molecule has 0 aliphatic carbocycles. The number of hydrogen-bond donors (Lipinski definition) is 1. The Kier molecular flexibility index (Phi) is 9.40. The van der Waals surface area contributed by atoms with Crippen molar-refractivity contribution in [1.29, 1.82) is 0 Å². The van der Waals surface area contributed by atoms with Gasteiger partial charge >= 0.3 is 0 Å². The third-order valence-electron chi connectivity index (χ3n) is 9.37. The molecule has 7 atom stereocenters. The van der Waals surface area contributed by atoms with Gasteiger partial charge in [-0.05, 0) is 48.6 Å². The number of anilines is 1. The summed E-state index contributed by atoms with van der Waals surface area (Å²) in [7, 11) is 0. The van der Waals surface area contributed by atoms with Gasteiger partial charge in [0.25, 0.3) is 5.91 Å². The van der Waals surface area contributed by atoms with Crippen LogP contribution in [0.3, 0.4) is 0 Å². The fourth-order valence-electron chi connectivity index (χ4n) is 7.45. The van der Waals surface area contributed by atoms with Gasteiger partial charge in [-0.15, -0.1) is 24.9 Å². The van der Waals surface area contributed by atoms with Crippen molar-refractivity contribution in [2.24, 2.45) is 17.8 Å². The number of rotatable bonds is 12. The number of fused-ring (bicyclic) bond motifs is 1. The standard InChI is InChI=1S/C34H40ClN3O4S/c1-5-17-36(20-23-11-9-8-10-12-23)31(40)28-27-19-22(4)34(43-27)29(28)32(41)38(25(7-3)21-39)30(34)33(42)37(18-6-2)26-15-13-24(35)14-16-26/h5-6,8-16,22,25,27-30,39H,1-2,7,17-21H2,3-4H3/t22?,25-,27-,28+,29-,30?,34?/m0/s1. The Morgan fingerprint density at radius 3 is 2.40 bits per heavy atom. The van der Waals surface area contributed by atoms with E-state index >= 15 is 0 Å². The summed E-state index contributed by atoms with van der Waals surface area (Å²) in [6.07, 6.45) is 4.59. The predicted octanol–water partition coefficient (Wildman–Crippen LogP) is 5.18. The minimum absolute atomic E-state index is 0.00780. The highest BCUT2D eigenvalue weighted by molar-refractivity contribution is 8.02. The molecule has 3 heterocycles.